The van der Waals surface area contributed by atoms with E-state index in [1.807, 2.05) is 0 Å². The van der Waals surface area contributed by atoms with Crippen molar-refractivity contribution in [3.63, 3.8) is 0 Å². The molecule has 0 radical (unpaired) electrons. The molecule has 5 aliphatic rings. The summed E-state index contributed by atoms with van der Waals surface area (Å²) in [5.74, 6) is 2.39. The average Bonchev–Trinajstić information content (AvgIpc) is 3.78. The van der Waals surface area contributed by atoms with Gasteiger partial charge in [-0.1, -0.05) is 76.3 Å². The Morgan fingerprint density at radius 1 is 1.00 bits per heavy atom. The molecule has 35 heavy (non-hydrogen) atoms. The smallest absolute Gasteiger partial charge is 0.00131 e. The molecule has 0 aromatic heterocycles. The van der Waals surface area contributed by atoms with Crippen molar-refractivity contribution >= 4 is 6.08 Å². The number of allylic oxidation sites excluding steroid dienone is 2. The summed E-state index contributed by atoms with van der Waals surface area (Å²) in [6.07, 6.45) is 31.3. The highest BCUT2D eigenvalue weighted by Crippen LogP contribution is 2.75. The first-order chi connectivity index (χ1) is 17.1. The maximum atomic E-state index is 4.42. The monoisotopic (exact) mass is 470 g/mol. The second-order valence-corrected chi connectivity index (χ2v) is 13.6. The topological polar surface area (TPSA) is 0 Å². The van der Waals surface area contributed by atoms with Crippen molar-refractivity contribution in [1.29, 1.82) is 0 Å². The van der Waals surface area contributed by atoms with Crippen LogP contribution < -0.4 is 0 Å². The summed E-state index contributed by atoms with van der Waals surface area (Å²) in [6.45, 7) is 9.32. The molecule has 0 aliphatic heterocycles. The fraction of sp³-hybridized carbons (Fsp3) is 0.714. The largest absolute Gasteiger partial charge is 0.103 e. The van der Waals surface area contributed by atoms with E-state index in [1.165, 1.54) is 109 Å². The van der Waals surface area contributed by atoms with Crippen LogP contribution in [0.3, 0.4) is 0 Å². The van der Waals surface area contributed by atoms with Crippen molar-refractivity contribution in [3.8, 4) is 0 Å². The Balaban J connectivity index is 1.38. The maximum Gasteiger partial charge on any atom is 0.00131 e. The van der Waals surface area contributed by atoms with E-state index in [2.05, 4.69) is 50.8 Å². The van der Waals surface area contributed by atoms with Crippen LogP contribution in [-0.4, -0.2) is 0 Å². The molecule has 1 aromatic rings. The Bertz CT molecular complexity index is 970. The van der Waals surface area contributed by atoms with Crippen LogP contribution in [0.15, 0.2) is 30.9 Å². The third-order valence-electron chi connectivity index (χ3n) is 11.9. The molecule has 0 nitrogen and oxygen atoms in total. The predicted molar refractivity (Wildman–Crippen MR) is 151 cm³/mol. The molecule has 1 aromatic carbocycles. The van der Waals surface area contributed by atoms with Crippen molar-refractivity contribution in [2.45, 2.75) is 134 Å². The summed E-state index contributed by atoms with van der Waals surface area (Å²) in [5, 5.41) is 0. The number of unbranched alkanes of at least 4 members (excludes halogenated alkanes) is 2. The van der Waals surface area contributed by atoms with Gasteiger partial charge >= 0.3 is 0 Å². The predicted octanol–water partition coefficient (Wildman–Crippen LogP) is 10.3. The summed E-state index contributed by atoms with van der Waals surface area (Å²) < 4.78 is 0. The van der Waals surface area contributed by atoms with Gasteiger partial charge in [-0.2, -0.15) is 0 Å². The quantitative estimate of drug-likeness (QED) is 0.286. The summed E-state index contributed by atoms with van der Waals surface area (Å²) in [4.78, 5) is 0. The molecule has 3 fully saturated rings. The van der Waals surface area contributed by atoms with Gasteiger partial charge in [0.1, 0.15) is 0 Å². The van der Waals surface area contributed by atoms with Crippen LogP contribution in [0, 0.1) is 22.7 Å². The molecule has 5 aliphatic carbocycles. The van der Waals surface area contributed by atoms with Gasteiger partial charge in [-0.05, 0) is 128 Å². The van der Waals surface area contributed by atoms with Crippen molar-refractivity contribution < 1.29 is 0 Å². The maximum absolute atomic E-state index is 4.42. The molecule has 0 saturated heterocycles. The highest BCUT2D eigenvalue weighted by Gasteiger charge is 2.67. The Kier molecular flexibility index (Phi) is 6.34. The van der Waals surface area contributed by atoms with E-state index in [0.717, 1.165) is 17.8 Å². The lowest BCUT2D eigenvalue weighted by molar-refractivity contribution is 0.163. The number of rotatable bonds is 6. The second-order valence-electron chi connectivity index (χ2n) is 13.6. The first-order valence-electron chi connectivity index (χ1n) is 15.5. The molecule has 2 spiro atoms. The van der Waals surface area contributed by atoms with Crippen LogP contribution in [0.1, 0.15) is 145 Å². The first kappa shape index (κ1) is 24.1. The van der Waals surface area contributed by atoms with Gasteiger partial charge in [0.25, 0.3) is 0 Å². The number of benzene rings is 1. The molecule has 3 saturated carbocycles. The molecule has 0 bridgehead atoms. The minimum atomic E-state index is 0.301. The van der Waals surface area contributed by atoms with Gasteiger partial charge < -0.3 is 0 Å². The SMILES string of the molecule is C=C[C@@](C)(CCCCC)C1CCC2c3ccc4c(c3/C=C\CCCCC[C@H]21)CCC1(CC1)C41CC1. The van der Waals surface area contributed by atoms with Crippen LogP contribution in [0.4, 0.5) is 0 Å². The fourth-order valence-corrected chi connectivity index (χ4v) is 9.50. The van der Waals surface area contributed by atoms with Crippen LogP contribution in [0.25, 0.3) is 6.08 Å². The van der Waals surface area contributed by atoms with E-state index in [-0.39, 0.29) is 0 Å². The van der Waals surface area contributed by atoms with E-state index in [1.54, 1.807) is 22.3 Å². The fourth-order valence-electron chi connectivity index (χ4n) is 9.50. The van der Waals surface area contributed by atoms with Crippen LogP contribution in [0.2, 0.25) is 0 Å². The van der Waals surface area contributed by atoms with Gasteiger partial charge in [0.05, 0.1) is 0 Å². The zero-order valence-corrected chi connectivity index (χ0v) is 22.8. The summed E-state index contributed by atoms with van der Waals surface area (Å²) >= 11 is 0. The zero-order chi connectivity index (χ0) is 24.1. The van der Waals surface area contributed by atoms with E-state index in [0.29, 0.717) is 16.2 Å². The van der Waals surface area contributed by atoms with Crippen LogP contribution in [-0.2, 0) is 11.8 Å². The Labute approximate surface area is 216 Å². The summed E-state index contributed by atoms with van der Waals surface area (Å²) in [6, 6.07) is 5.31. The lowest BCUT2D eigenvalue weighted by atomic mass is 9.65. The van der Waals surface area contributed by atoms with Crippen molar-refractivity contribution in [2.75, 3.05) is 0 Å². The van der Waals surface area contributed by atoms with Crippen molar-refractivity contribution in [1.82, 2.24) is 0 Å². The second kappa shape index (κ2) is 9.22. The van der Waals surface area contributed by atoms with Crippen LogP contribution >= 0.6 is 0 Å². The minimum Gasteiger partial charge on any atom is -0.103 e. The van der Waals surface area contributed by atoms with Gasteiger partial charge in [0.2, 0.25) is 0 Å². The lowest BCUT2D eigenvalue weighted by Gasteiger charge is -2.40. The zero-order valence-electron chi connectivity index (χ0n) is 22.8. The van der Waals surface area contributed by atoms with E-state index >= 15 is 0 Å². The van der Waals surface area contributed by atoms with Gasteiger partial charge in [-0.3, -0.25) is 0 Å². The molecule has 0 amide bonds. The van der Waals surface area contributed by atoms with Gasteiger partial charge in [0, 0.05) is 5.41 Å². The molecule has 0 heterocycles. The molecule has 190 valence electrons. The van der Waals surface area contributed by atoms with Gasteiger partial charge in [-0.25, -0.2) is 0 Å². The van der Waals surface area contributed by atoms with Crippen molar-refractivity contribution in [3.05, 3.63) is 53.1 Å². The number of hydrogen-bond acceptors (Lipinski definition) is 0. The summed E-state index contributed by atoms with van der Waals surface area (Å²) in [5.41, 5.74) is 8.58. The van der Waals surface area contributed by atoms with Gasteiger partial charge in [0.15, 0.2) is 0 Å². The van der Waals surface area contributed by atoms with E-state index in [9.17, 15) is 0 Å². The normalized spacial score (nSPS) is 32.6. The highest BCUT2D eigenvalue weighted by molar-refractivity contribution is 5.65. The molecule has 0 heteroatoms. The van der Waals surface area contributed by atoms with E-state index < -0.39 is 0 Å². The third kappa shape index (κ3) is 3.92. The van der Waals surface area contributed by atoms with Crippen molar-refractivity contribution in [2.24, 2.45) is 22.7 Å². The average molecular weight is 471 g/mol. The lowest BCUT2D eigenvalue weighted by Crippen LogP contribution is -2.31. The Morgan fingerprint density at radius 2 is 1.86 bits per heavy atom. The summed E-state index contributed by atoms with van der Waals surface area (Å²) in [7, 11) is 0. The molecule has 4 atom stereocenters. The molecule has 6 rings (SSSR count). The van der Waals surface area contributed by atoms with Gasteiger partial charge in [-0.15, -0.1) is 6.58 Å². The molecular formula is C35H50. The minimum absolute atomic E-state index is 0.301. The third-order valence-corrected chi connectivity index (χ3v) is 11.9. The van der Waals surface area contributed by atoms with Crippen LogP contribution in [0.5, 0.6) is 0 Å². The number of fused-ring (bicyclic) bond motifs is 7. The molecule has 2 unspecified atom stereocenters. The standard InChI is InChI=1S/C35H50/c1-4-6-12-20-33(3,5-2)31-17-15-28-27-16-18-32-30(19-21-34(22-23-34)35(32)24-25-35)26(27)13-10-8-7-9-11-14-29(28)31/h5,10,13,16,18,28-29,31H,2,4,6-9,11-12,14-15,17,19-25H2,1,3H3/b13-10-/t28?,29-,31?,33+/m1/s1. The molecular weight excluding hydrogens is 420 g/mol. The highest BCUT2D eigenvalue weighted by atomic mass is 14.7. The van der Waals surface area contributed by atoms with E-state index in [4.69, 9.17) is 0 Å². The Morgan fingerprint density at radius 3 is 2.60 bits per heavy atom. The molecule has 0 N–H and O–H groups in total. The first-order valence-corrected chi connectivity index (χ1v) is 15.5. The Hall–Kier alpha value is -1.30. The number of hydrogen-bond donors (Lipinski definition) is 0.